The van der Waals surface area contributed by atoms with Crippen molar-refractivity contribution in [2.24, 2.45) is 0 Å². The van der Waals surface area contributed by atoms with Crippen molar-refractivity contribution in [2.45, 2.75) is 32.6 Å². The van der Waals surface area contributed by atoms with Gasteiger partial charge in [0.15, 0.2) is 11.5 Å². The summed E-state index contributed by atoms with van der Waals surface area (Å²) in [6, 6.07) is 3.22. The summed E-state index contributed by atoms with van der Waals surface area (Å²) in [5.74, 6) is 0.914. The molecule has 0 aromatic heterocycles. The number of benzene rings is 1. The molecule has 140 valence electrons. The molecule has 0 atom stereocenters. The fraction of sp³-hybridized carbons (Fsp3) is 0.556. The lowest BCUT2D eigenvalue weighted by atomic mass is 10.1. The van der Waals surface area contributed by atoms with Gasteiger partial charge in [0.1, 0.15) is 0 Å². The summed E-state index contributed by atoms with van der Waals surface area (Å²) in [4.78, 5) is 23.5. The van der Waals surface area contributed by atoms with Crippen molar-refractivity contribution < 1.29 is 28.5 Å². The van der Waals surface area contributed by atoms with Gasteiger partial charge in [-0.3, -0.25) is 9.59 Å². The lowest BCUT2D eigenvalue weighted by Gasteiger charge is -2.14. The van der Waals surface area contributed by atoms with Crippen molar-refractivity contribution in [3.8, 4) is 17.2 Å². The Kier molecular flexibility index (Phi) is 9.21. The Labute approximate surface area is 148 Å². The molecule has 0 aliphatic rings. The third-order valence-electron chi connectivity index (χ3n) is 3.58. The first-order valence-electron chi connectivity index (χ1n) is 8.31. The number of carbonyl (C=O) groups is 2. The zero-order valence-electron chi connectivity index (χ0n) is 15.3. The molecule has 0 fully saturated rings. The van der Waals surface area contributed by atoms with Gasteiger partial charge in [-0.1, -0.05) is 6.42 Å². The van der Waals surface area contributed by atoms with Crippen molar-refractivity contribution in [3.05, 3.63) is 17.7 Å². The number of rotatable bonds is 11. The van der Waals surface area contributed by atoms with Gasteiger partial charge in [-0.25, -0.2) is 0 Å². The van der Waals surface area contributed by atoms with Crippen LogP contribution in [0.4, 0.5) is 0 Å². The third-order valence-corrected chi connectivity index (χ3v) is 3.58. The topological polar surface area (TPSA) is 83.1 Å². The van der Waals surface area contributed by atoms with Gasteiger partial charge in [0.05, 0.1) is 27.9 Å². The highest BCUT2D eigenvalue weighted by atomic mass is 16.5. The Morgan fingerprint density at radius 1 is 0.960 bits per heavy atom. The molecule has 0 unspecified atom stereocenters. The van der Waals surface area contributed by atoms with Gasteiger partial charge in [0.2, 0.25) is 5.75 Å². The molecule has 0 spiro atoms. The first-order valence-corrected chi connectivity index (χ1v) is 8.31. The average Bonchev–Trinajstić information content (AvgIpc) is 2.63. The van der Waals surface area contributed by atoms with E-state index < -0.39 is 0 Å². The maximum Gasteiger partial charge on any atom is 0.305 e. The number of hydrogen-bond donors (Lipinski definition) is 1. The van der Waals surface area contributed by atoms with E-state index in [9.17, 15) is 9.59 Å². The molecular formula is C18H27NO6. The Morgan fingerprint density at radius 3 is 2.12 bits per heavy atom. The van der Waals surface area contributed by atoms with Crippen molar-refractivity contribution in [1.29, 1.82) is 0 Å². The number of nitrogens with one attached hydrogen (secondary N) is 1. The van der Waals surface area contributed by atoms with Crippen LogP contribution in [-0.2, 0) is 9.53 Å². The normalized spacial score (nSPS) is 10.1. The summed E-state index contributed by atoms with van der Waals surface area (Å²) in [6.07, 6.45) is 2.79. The predicted octanol–water partition coefficient (Wildman–Crippen LogP) is 2.57. The Bertz CT molecular complexity index is 548. The zero-order valence-corrected chi connectivity index (χ0v) is 15.3. The van der Waals surface area contributed by atoms with Crippen LogP contribution in [0.15, 0.2) is 12.1 Å². The molecular weight excluding hydrogens is 326 g/mol. The van der Waals surface area contributed by atoms with Crippen LogP contribution in [-0.4, -0.2) is 46.4 Å². The third kappa shape index (κ3) is 6.52. The maximum absolute atomic E-state index is 12.3. The molecule has 0 heterocycles. The second-order valence-corrected chi connectivity index (χ2v) is 5.29. The molecule has 0 saturated carbocycles. The molecule has 1 N–H and O–H groups in total. The second-order valence-electron chi connectivity index (χ2n) is 5.29. The highest BCUT2D eigenvalue weighted by Crippen LogP contribution is 2.38. The fourth-order valence-electron chi connectivity index (χ4n) is 2.32. The zero-order chi connectivity index (χ0) is 18.7. The number of esters is 1. The number of unbranched alkanes of at least 4 members (excludes halogenated alkanes) is 2. The predicted molar refractivity (Wildman–Crippen MR) is 93.5 cm³/mol. The van der Waals surface area contributed by atoms with Gasteiger partial charge in [-0.05, 0) is 31.9 Å². The molecule has 0 aliphatic carbocycles. The van der Waals surface area contributed by atoms with Crippen LogP contribution < -0.4 is 19.5 Å². The van der Waals surface area contributed by atoms with Gasteiger partial charge in [0, 0.05) is 18.5 Å². The highest BCUT2D eigenvalue weighted by Gasteiger charge is 2.16. The standard InChI is InChI=1S/C18H27NO6/c1-5-25-16(20)9-7-6-8-10-19-18(21)13-11-14(22-2)17(24-4)15(12-13)23-3/h11-12H,5-10H2,1-4H3,(H,19,21). The largest absolute Gasteiger partial charge is 0.493 e. The summed E-state index contributed by atoms with van der Waals surface area (Å²) in [5, 5.41) is 2.85. The lowest BCUT2D eigenvalue weighted by Crippen LogP contribution is -2.24. The van der Waals surface area contributed by atoms with Gasteiger partial charge in [-0.15, -0.1) is 0 Å². The minimum Gasteiger partial charge on any atom is -0.493 e. The van der Waals surface area contributed by atoms with Crippen LogP contribution in [0.1, 0.15) is 43.0 Å². The van der Waals surface area contributed by atoms with E-state index in [1.165, 1.54) is 21.3 Å². The molecule has 0 aliphatic heterocycles. The summed E-state index contributed by atoms with van der Waals surface area (Å²) in [7, 11) is 4.52. The van der Waals surface area contributed by atoms with E-state index in [0.29, 0.717) is 42.4 Å². The van der Waals surface area contributed by atoms with E-state index in [1.54, 1.807) is 19.1 Å². The second kappa shape index (κ2) is 11.2. The van der Waals surface area contributed by atoms with Crippen molar-refractivity contribution in [2.75, 3.05) is 34.5 Å². The molecule has 1 aromatic carbocycles. The van der Waals surface area contributed by atoms with Crippen molar-refractivity contribution >= 4 is 11.9 Å². The van der Waals surface area contributed by atoms with Gasteiger partial charge >= 0.3 is 5.97 Å². The fourth-order valence-corrected chi connectivity index (χ4v) is 2.32. The molecule has 1 aromatic rings. The smallest absolute Gasteiger partial charge is 0.305 e. The van der Waals surface area contributed by atoms with Crippen LogP contribution in [0.3, 0.4) is 0 Å². The van der Waals surface area contributed by atoms with Crippen molar-refractivity contribution in [1.82, 2.24) is 5.32 Å². The van der Waals surface area contributed by atoms with E-state index in [0.717, 1.165) is 19.3 Å². The molecule has 7 nitrogen and oxygen atoms in total. The quantitative estimate of drug-likeness (QED) is 0.486. The molecule has 7 heteroatoms. The maximum atomic E-state index is 12.3. The minimum absolute atomic E-state index is 0.177. The van der Waals surface area contributed by atoms with Crippen LogP contribution in [0.5, 0.6) is 17.2 Å². The summed E-state index contributed by atoms with van der Waals surface area (Å²) >= 11 is 0. The lowest BCUT2D eigenvalue weighted by molar-refractivity contribution is -0.143. The number of carbonyl (C=O) groups excluding carboxylic acids is 2. The molecule has 1 rings (SSSR count). The molecule has 1 amide bonds. The highest BCUT2D eigenvalue weighted by molar-refractivity contribution is 5.95. The molecule has 0 saturated heterocycles. The van der Waals surface area contributed by atoms with Crippen LogP contribution in [0, 0.1) is 0 Å². The van der Waals surface area contributed by atoms with Gasteiger partial charge < -0.3 is 24.3 Å². The summed E-state index contributed by atoms with van der Waals surface area (Å²) < 4.78 is 20.6. The summed E-state index contributed by atoms with van der Waals surface area (Å²) in [5.41, 5.74) is 0.432. The Hall–Kier alpha value is -2.44. The SMILES string of the molecule is CCOC(=O)CCCCCNC(=O)c1cc(OC)c(OC)c(OC)c1. The number of ether oxygens (including phenoxy) is 4. The van der Waals surface area contributed by atoms with E-state index >= 15 is 0 Å². The number of amides is 1. The van der Waals surface area contributed by atoms with Crippen LogP contribution in [0.2, 0.25) is 0 Å². The molecule has 0 bridgehead atoms. The molecule has 25 heavy (non-hydrogen) atoms. The van der Waals surface area contributed by atoms with E-state index in [1.807, 2.05) is 0 Å². The van der Waals surface area contributed by atoms with E-state index in [-0.39, 0.29) is 11.9 Å². The Balaban J connectivity index is 2.48. The Morgan fingerprint density at radius 2 is 1.60 bits per heavy atom. The first-order chi connectivity index (χ1) is 12.1. The van der Waals surface area contributed by atoms with E-state index in [2.05, 4.69) is 5.32 Å². The van der Waals surface area contributed by atoms with Crippen LogP contribution in [0.25, 0.3) is 0 Å². The van der Waals surface area contributed by atoms with Gasteiger partial charge in [0.25, 0.3) is 5.91 Å². The van der Waals surface area contributed by atoms with Crippen LogP contribution >= 0.6 is 0 Å². The van der Waals surface area contributed by atoms with Gasteiger partial charge in [-0.2, -0.15) is 0 Å². The number of methoxy groups -OCH3 is 3. The minimum atomic E-state index is -0.218. The first kappa shape index (κ1) is 20.6. The summed E-state index contributed by atoms with van der Waals surface area (Å²) in [6.45, 7) is 2.72. The van der Waals surface area contributed by atoms with Crippen molar-refractivity contribution in [3.63, 3.8) is 0 Å². The molecule has 0 radical (unpaired) electrons. The average molecular weight is 353 g/mol. The monoisotopic (exact) mass is 353 g/mol. The number of hydrogen-bond acceptors (Lipinski definition) is 6. The van der Waals surface area contributed by atoms with E-state index in [4.69, 9.17) is 18.9 Å².